The Morgan fingerprint density at radius 2 is 2.00 bits per heavy atom. The number of hydrogen-bond acceptors (Lipinski definition) is 3. The Morgan fingerprint density at radius 1 is 1.38 bits per heavy atom. The fraction of sp³-hybridized carbons (Fsp3) is 0.333. The van der Waals surface area contributed by atoms with Gasteiger partial charge >= 0.3 is 13.3 Å². The van der Waals surface area contributed by atoms with E-state index in [0.717, 1.165) is 18.4 Å². The molecule has 0 saturated carbocycles. The van der Waals surface area contributed by atoms with Crippen LogP contribution in [-0.2, 0) is 0 Å². The first-order valence-electron chi connectivity index (χ1n) is 3.48. The van der Waals surface area contributed by atoms with Gasteiger partial charge in [-0.3, -0.25) is 0 Å². The van der Waals surface area contributed by atoms with E-state index >= 15 is 0 Å². The zero-order valence-electron chi connectivity index (χ0n) is 6.42. The van der Waals surface area contributed by atoms with Gasteiger partial charge in [0, 0.05) is 0 Å². The molecule has 1 aliphatic rings. The highest BCUT2D eigenvalue weighted by Gasteiger charge is 2.38. The van der Waals surface area contributed by atoms with Gasteiger partial charge in [0.15, 0.2) is 0 Å². The van der Waals surface area contributed by atoms with Gasteiger partial charge in [-0.15, -0.1) is 0 Å². The van der Waals surface area contributed by atoms with Crippen LogP contribution < -0.4 is 5.32 Å². The Morgan fingerprint density at radius 3 is 2.31 bits per heavy atom. The SMILES string of the molecule is OB(O)C1=CNC(C(F)(F)F)C=C1. The monoisotopic (exact) mass is 193 g/mol. The summed E-state index contributed by atoms with van der Waals surface area (Å²) in [4.78, 5) is 0. The minimum absolute atomic E-state index is 0.000463. The molecule has 7 heteroatoms. The van der Waals surface area contributed by atoms with Crippen LogP contribution in [0, 0.1) is 0 Å². The first-order valence-corrected chi connectivity index (χ1v) is 3.48. The van der Waals surface area contributed by atoms with E-state index in [-0.39, 0.29) is 5.47 Å². The zero-order valence-corrected chi connectivity index (χ0v) is 6.42. The molecule has 1 rings (SSSR count). The van der Waals surface area contributed by atoms with Crippen molar-refractivity contribution in [3.8, 4) is 0 Å². The Hall–Kier alpha value is -0.945. The van der Waals surface area contributed by atoms with Crippen LogP contribution >= 0.6 is 0 Å². The van der Waals surface area contributed by atoms with Crippen LogP contribution in [0.4, 0.5) is 13.2 Å². The van der Waals surface area contributed by atoms with Gasteiger partial charge in [-0.25, -0.2) is 0 Å². The lowest BCUT2D eigenvalue weighted by molar-refractivity contribution is -0.142. The van der Waals surface area contributed by atoms with Crippen molar-refractivity contribution >= 4 is 7.12 Å². The van der Waals surface area contributed by atoms with Gasteiger partial charge in [-0.2, -0.15) is 13.2 Å². The van der Waals surface area contributed by atoms with E-state index in [4.69, 9.17) is 10.0 Å². The fourth-order valence-corrected chi connectivity index (χ4v) is 0.861. The normalized spacial score (nSPS) is 22.2. The number of allylic oxidation sites excluding steroid dienone is 2. The number of dihydropyridines is 1. The first-order chi connectivity index (χ1) is 5.91. The van der Waals surface area contributed by atoms with Crippen LogP contribution in [-0.4, -0.2) is 29.4 Å². The van der Waals surface area contributed by atoms with Crippen molar-refractivity contribution in [1.29, 1.82) is 0 Å². The molecular formula is C6H7BF3NO2. The minimum Gasteiger partial charge on any atom is -0.423 e. The van der Waals surface area contributed by atoms with Crippen LogP contribution in [0.25, 0.3) is 0 Å². The average molecular weight is 193 g/mol. The molecule has 0 aromatic rings. The van der Waals surface area contributed by atoms with Gasteiger partial charge in [-0.05, 0) is 11.7 Å². The van der Waals surface area contributed by atoms with Crippen molar-refractivity contribution in [2.45, 2.75) is 12.2 Å². The van der Waals surface area contributed by atoms with Crippen LogP contribution in [0.2, 0.25) is 0 Å². The van der Waals surface area contributed by atoms with Crippen LogP contribution in [0.5, 0.6) is 0 Å². The fourth-order valence-electron chi connectivity index (χ4n) is 0.861. The highest BCUT2D eigenvalue weighted by Crippen LogP contribution is 2.23. The quantitative estimate of drug-likeness (QED) is 0.512. The molecule has 0 amide bonds. The molecule has 0 fully saturated rings. The summed E-state index contributed by atoms with van der Waals surface area (Å²) in [5.41, 5.74) is 0.000463. The molecule has 3 N–H and O–H groups in total. The van der Waals surface area contributed by atoms with Gasteiger partial charge in [0.05, 0.1) is 0 Å². The van der Waals surface area contributed by atoms with Crippen molar-refractivity contribution < 1.29 is 23.2 Å². The third-order valence-electron chi connectivity index (χ3n) is 1.56. The van der Waals surface area contributed by atoms with E-state index in [2.05, 4.69) is 0 Å². The summed E-state index contributed by atoms with van der Waals surface area (Å²) in [5.74, 6) is 0. The first kappa shape index (κ1) is 10.1. The lowest BCUT2D eigenvalue weighted by atomic mass is 9.78. The lowest BCUT2D eigenvalue weighted by Crippen LogP contribution is -2.40. The molecule has 0 aromatic carbocycles. The Bertz CT molecular complexity index is 249. The zero-order chi connectivity index (χ0) is 10.1. The van der Waals surface area contributed by atoms with Gasteiger partial charge in [0.1, 0.15) is 6.04 Å². The number of halogens is 3. The van der Waals surface area contributed by atoms with Crippen LogP contribution in [0.3, 0.4) is 0 Å². The maximum absolute atomic E-state index is 12.0. The molecule has 0 saturated heterocycles. The molecule has 1 unspecified atom stereocenters. The second-order valence-corrected chi connectivity index (χ2v) is 2.56. The second kappa shape index (κ2) is 3.43. The molecule has 1 heterocycles. The molecular weight excluding hydrogens is 186 g/mol. The third-order valence-corrected chi connectivity index (χ3v) is 1.56. The van der Waals surface area contributed by atoms with Gasteiger partial charge < -0.3 is 15.4 Å². The molecule has 0 aromatic heterocycles. The van der Waals surface area contributed by atoms with E-state index in [9.17, 15) is 13.2 Å². The van der Waals surface area contributed by atoms with Gasteiger partial charge in [0.2, 0.25) is 0 Å². The molecule has 1 aliphatic heterocycles. The molecule has 0 aliphatic carbocycles. The maximum Gasteiger partial charge on any atom is 0.489 e. The molecule has 0 bridgehead atoms. The van der Waals surface area contributed by atoms with Crippen LogP contribution in [0.15, 0.2) is 23.8 Å². The second-order valence-electron chi connectivity index (χ2n) is 2.56. The van der Waals surface area contributed by atoms with Gasteiger partial charge in [-0.1, -0.05) is 12.2 Å². The highest BCUT2D eigenvalue weighted by molar-refractivity contribution is 6.51. The highest BCUT2D eigenvalue weighted by atomic mass is 19.4. The summed E-state index contributed by atoms with van der Waals surface area (Å²) >= 11 is 0. The predicted molar refractivity (Wildman–Crippen MR) is 40.4 cm³/mol. The van der Waals surface area contributed by atoms with E-state index in [0.29, 0.717) is 0 Å². The summed E-state index contributed by atoms with van der Waals surface area (Å²) in [6, 6.07) is -1.75. The number of hydrogen-bond donors (Lipinski definition) is 3. The molecule has 0 radical (unpaired) electrons. The van der Waals surface area contributed by atoms with E-state index in [1.807, 2.05) is 5.32 Å². The van der Waals surface area contributed by atoms with Crippen molar-refractivity contribution in [2.24, 2.45) is 0 Å². The summed E-state index contributed by atoms with van der Waals surface area (Å²) in [6.45, 7) is 0. The third kappa shape index (κ3) is 2.50. The van der Waals surface area contributed by atoms with Crippen molar-refractivity contribution in [2.75, 3.05) is 0 Å². The van der Waals surface area contributed by atoms with E-state index in [1.54, 1.807) is 0 Å². The molecule has 1 atom stereocenters. The molecule has 13 heavy (non-hydrogen) atoms. The molecule has 0 spiro atoms. The molecule has 3 nitrogen and oxygen atoms in total. The molecule has 72 valence electrons. The Labute approximate surface area is 72.7 Å². The number of alkyl halides is 3. The van der Waals surface area contributed by atoms with Crippen molar-refractivity contribution in [1.82, 2.24) is 5.32 Å². The van der Waals surface area contributed by atoms with Gasteiger partial charge in [0.25, 0.3) is 0 Å². The number of rotatable bonds is 1. The van der Waals surface area contributed by atoms with Crippen molar-refractivity contribution in [3.63, 3.8) is 0 Å². The van der Waals surface area contributed by atoms with Crippen LogP contribution in [0.1, 0.15) is 0 Å². The number of nitrogens with one attached hydrogen (secondary N) is 1. The standard InChI is InChI=1S/C6H7BF3NO2/c8-6(9,10)5-2-1-4(3-11-5)7(12)13/h1-3,5,11-13H. The summed E-state index contributed by atoms with van der Waals surface area (Å²) in [7, 11) is -1.75. The summed E-state index contributed by atoms with van der Waals surface area (Å²) in [6.07, 6.45) is -1.57. The van der Waals surface area contributed by atoms with E-state index in [1.165, 1.54) is 0 Å². The summed E-state index contributed by atoms with van der Waals surface area (Å²) in [5, 5.41) is 19.2. The Balaban J connectivity index is 2.64. The van der Waals surface area contributed by atoms with Crippen molar-refractivity contribution in [3.05, 3.63) is 23.8 Å². The Kier molecular flexibility index (Phi) is 2.67. The predicted octanol–water partition coefficient (Wildman–Crippen LogP) is -0.0274. The minimum atomic E-state index is -4.36. The lowest BCUT2D eigenvalue weighted by Gasteiger charge is -2.20. The maximum atomic E-state index is 12.0. The van der Waals surface area contributed by atoms with E-state index < -0.39 is 19.3 Å². The topological polar surface area (TPSA) is 52.5 Å². The smallest absolute Gasteiger partial charge is 0.423 e. The average Bonchev–Trinajstić information content (AvgIpc) is 2.03. The largest absolute Gasteiger partial charge is 0.489 e. The summed E-state index contributed by atoms with van der Waals surface area (Å²) < 4.78 is 36.0.